The Balaban J connectivity index is -0.000000480. The Morgan fingerprint density at radius 2 is 1.60 bits per heavy atom. The van der Waals surface area contributed by atoms with Gasteiger partial charge in [0.15, 0.2) is 0 Å². The predicted octanol–water partition coefficient (Wildman–Crippen LogP) is 0.353. The first-order valence-electron chi connectivity index (χ1n) is 4.67. The molecule has 0 amide bonds. The molecule has 0 saturated carbocycles. The summed E-state index contributed by atoms with van der Waals surface area (Å²) in [6, 6.07) is 0. The summed E-state index contributed by atoms with van der Waals surface area (Å²) in [5.74, 6) is 5.19. The highest BCUT2D eigenvalue weighted by atomic mass is 35.5. The van der Waals surface area contributed by atoms with Crippen molar-refractivity contribution in [3.63, 3.8) is 0 Å². The van der Waals surface area contributed by atoms with E-state index in [4.69, 9.17) is 5.84 Å². The Kier molecular flexibility index (Phi) is 17.9. The number of likely N-dealkylation sites (N-methyl/N-ethyl adjacent to an activating group) is 1. The van der Waals surface area contributed by atoms with Crippen LogP contribution < -0.4 is 11.3 Å². The lowest BCUT2D eigenvalue weighted by atomic mass is 10.3. The Morgan fingerprint density at radius 3 is 2.07 bits per heavy atom. The molecule has 0 atom stereocenters. The number of halogens is 3. The minimum absolute atomic E-state index is 0. The van der Waals surface area contributed by atoms with Gasteiger partial charge in [-0.25, -0.2) is 0 Å². The van der Waals surface area contributed by atoms with E-state index in [-0.39, 0.29) is 37.2 Å². The van der Waals surface area contributed by atoms with Gasteiger partial charge in [-0.2, -0.15) is 0 Å². The molecule has 0 aromatic heterocycles. The lowest BCUT2D eigenvalue weighted by Gasteiger charge is -2.32. The van der Waals surface area contributed by atoms with Gasteiger partial charge in [0.25, 0.3) is 0 Å². The molecule has 1 rings (SSSR count). The van der Waals surface area contributed by atoms with Gasteiger partial charge in [-0.05, 0) is 20.0 Å². The zero-order valence-corrected chi connectivity index (χ0v) is 11.6. The van der Waals surface area contributed by atoms with Crippen molar-refractivity contribution in [3.8, 4) is 0 Å². The molecule has 96 valence electrons. The van der Waals surface area contributed by atoms with Crippen LogP contribution in [0.2, 0.25) is 0 Å². The third kappa shape index (κ3) is 9.63. The van der Waals surface area contributed by atoms with Crippen LogP contribution in [0.1, 0.15) is 6.42 Å². The SMILES string of the molecule is CN1CCN(CCCNN)CC1.Cl.Cl.Cl. The molecule has 7 heteroatoms. The topological polar surface area (TPSA) is 44.5 Å². The highest BCUT2D eigenvalue weighted by Crippen LogP contribution is 1.98. The van der Waals surface area contributed by atoms with Gasteiger partial charge in [0.2, 0.25) is 0 Å². The third-order valence-electron chi connectivity index (χ3n) is 2.39. The maximum absolute atomic E-state index is 5.19. The average molecular weight is 282 g/mol. The summed E-state index contributed by atoms with van der Waals surface area (Å²) in [6.45, 7) is 6.93. The molecule has 1 saturated heterocycles. The molecular weight excluding hydrogens is 258 g/mol. The number of hydrogen-bond acceptors (Lipinski definition) is 4. The number of nitrogens with two attached hydrogens (primary N) is 1. The zero-order valence-electron chi connectivity index (χ0n) is 9.15. The largest absolute Gasteiger partial charge is 0.304 e. The fourth-order valence-electron chi connectivity index (χ4n) is 1.48. The van der Waals surface area contributed by atoms with Gasteiger partial charge in [0, 0.05) is 32.7 Å². The van der Waals surface area contributed by atoms with Crippen molar-refractivity contribution in [2.24, 2.45) is 5.84 Å². The highest BCUT2D eigenvalue weighted by molar-refractivity contribution is 5.86. The fourth-order valence-corrected chi connectivity index (χ4v) is 1.48. The normalized spacial score (nSPS) is 17.2. The maximum Gasteiger partial charge on any atom is 0.0110 e. The van der Waals surface area contributed by atoms with Crippen LogP contribution in [0.15, 0.2) is 0 Å². The molecule has 4 nitrogen and oxygen atoms in total. The van der Waals surface area contributed by atoms with Gasteiger partial charge in [-0.1, -0.05) is 0 Å². The number of nitrogens with zero attached hydrogens (tertiary/aromatic N) is 2. The second-order valence-corrected chi connectivity index (χ2v) is 3.45. The number of hydrogen-bond donors (Lipinski definition) is 2. The van der Waals surface area contributed by atoms with E-state index in [1.165, 1.54) is 32.7 Å². The molecule has 0 aliphatic carbocycles. The fraction of sp³-hybridized carbons (Fsp3) is 1.00. The lowest BCUT2D eigenvalue weighted by Crippen LogP contribution is -2.45. The molecule has 1 fully saturated rings. The molecular formula is C8H23Cl3N4. The molecule has 1 heterocycles. The van der Waals surface area contributed by atoms with Crippen molar-refractivity contribution in [3.05, 3.63) is 0 Å². The Hall–Kier alpha value is 0.710. The Morgan fingerprint density at radius 1 is 1.07 bits per heavy atom. The second-order valence-electron chi connectivity index (χ2n) is 3.45. The van der Waals surface area contributed by atoms with E-state index in [0.29, 0.717) is 0 Å². The van der Waals surface area contributed by atoms with Crippen molar-refractivity contribution in [1.29, 1.82) is 0 Å². The summed E-state index contributed by atoms with van der Waals surface area (Å²) in [4.78, 5) is 4.87. The number of hydrazine groups is 1. The van der Waals surface area contributed by atoms with Crippen LogP contribution in [-0.2, 0) is 0 Å². The quantitative estimate of drug-likeness (QED) is 0.443. The van der Waals surface area contributed by atoms with Crippen molar-refractivity contribution in [1.82, 2.24) is 15.2 Å². The van der Waals surface area contributed by atoms with Crippen molar-refractivity contribution in [2.45, 2.75) is 6.42 Å². The van der Waals surface area contributed by atoms with Crippen LogP contribution in [0.5, 0.6) is 0 Å². The van der Waals surface area contributed by atoms with E-state index in [1.54, 1.807) is 0 Å². The van der Waals surface area contributed by atoms with Crippen molar-refractivity contribution >= 4 is 37.2 Å². The lowest BCUT2D eigenvalue weighted by molar-refractivity contribution is 0.153. The molecule has 3 N–H and O–H groups in total. The third-order valence-corrected chi connectivity index (χ3v) is 2.39. The summed E-state index contributed by atoms with van der Waals surface area (Å²) in [5.41, 5.74) is 2.68. The second kappa shape index (κ2) is 12.8. The summed E-state index contributed by atoms with van der Waals surface area (Å²) in [7, 11) is 2.18. The van der Waals surface area contributed by atoms with Crippen LogP contribution in [0.3, 0.4) is 0 Å². The number of rotatable bonds is 4. The van der Waals surface area contributed by atoms with Gasteiger partial charge in [-0.15, -0.1) is 37.2 Å². The first-order valence-corrected chi connectivity index (χ1v) is 4.67. The van der Waals surface area contributed by atoms with E-state index < -0.39 is 0 Å². The molecule has 0 spiro atoms. The van der Waals surface area contributed by atoms with Gasteiger partial charge in [0.1, 0.15) is 0 Å². The van der Waals surface area contributed by atoms with Crippen molar-refractivity contribution in [2.75, 3.05) is 46.3 Å². The van der Waals surface area contributed by atoms with Crippen LogP contribution in [-0.4, -0.2) is 56.1 Å². The number of piperazine rings is 1. The van der Waals surface area contributed by atoms with E-state index in [1.807, 2.05) is 0 Å². The molecule has 0 radical (unpaired) electrons. The molecule has 0 aromatic carbocycles. The Bertz CT molecular complexity index is 120. The summed E-state index contributed by atoms with van der Waals surface area (Å²) in [5, 5.41) is 0. The van der Waals surface area contributed by atoms with E-state index in [9.17, 15) is 0 Å². The average Bonchev–Trinajstić information content (AvgIpc) is 2.09. The van der Waals surface area contributed by atoms with Crippen molar-refractivity contribution < 1.29 is 0 Å². The monoisotopic (exact) mass is 280 g/mol. The first-order chi connectivity index (χ1) is 5.83. The van der Waals surface area contributed by atoms with Crippen LogP contribution in [0.4, 0.5) is 0 Å². The molecule has 15 heavy (non-hydrogen) atoms. The molecule has 1 aliphatic heterocycles. The van der Waals surface area contributed by atoms with Gasteiger partial charge < -0.3 is 9.80 Å². The predicted molar refractivity (Wildman–Crippen MR) is 72.5 cm³/mol. The van der Waals surface area contributed by atoms with Gasteiger partial charge >= 0.3 is 0 Å². The molecule has 0 aromatic rings. The molecule has 1 aliphatic rings. The van der Waals surface area contributed by atoms with E-state index >= 15 is 0 Å². The standard InChI is InChI=1S/C8H20N4.3ClH/c1-11-5-7-12(8-6-11)4-2-3-10-9;;;/h10H,2-9H2,1H3;3*1H. The molecule has 0 bridgehead atoms. The minimum Gasteiger partial charge on any atom is -0.304 e. The minimum atomic E-state index is 0. The smallest absolute Gasteiger partial charge is 0.0110 e. The van der Waals surface area contributed by atoms with Gasteiger partial charge in [0.05, 0.1) is 0 Å². The van der Waals surface area contributed by atoms with Crippen LogP contribution in [0, 0.1) is 0 Å². The summed E-state index contributed by atoms with van der Waals surface area (Å²) >= 11 is 0. The summed E-state index contributed by atoms with van der Waals surface area (Å²) < 4.78 is 0. The van der Waals surface area contributed by atoms with Crippen LogP contribution >= 0.6 is 37.2 Å². The van der Waals surface area contributed by atoms with E-state index in [0.717, 1.165) is 13.0 Å². The van der Waals surface area contributed by atoms with E-state index in [2.05, 4.69) is 22.3 Å². The van der Waals surface area contributed by atoms with Gasteiger partial charge in [-0.3, -0.25) is 11.3 Å². The Labute approximate surface area is 111 Å². The molecule has 0 unspecified atom stereocenters. The van der Waals surface area contributed by atoms with Crippen LogP contribution in [0.25, 0.3) is 0 Å². The highest BCUT2D eigenvalue weighted by Gasteiger charge is 2.12. The summed E-state index contributed by atoms with van der Waals surface area (Å²) in [6.07, 6.45) is 1.15. The maximum atomic E-state index is 5.19. The first kappa shape index (κ1) is 21.0. The zero-order chi connectivity index (χ0) is 8.81. The number of nitrogens with one attached hydrogen (secondary N) is 1.